The van der Waals surface area contributed by atoms with E-state index in [0.717, 1.165) is 11.1 Å². The van der Waals surface area contributed by atoms with Crippen LogP contribution in [0.2, 0.25) is 0 Å². The molecule has 3 rings (SSSR count). The van der Waals surface area contributed by atoms with Crippen LogP contribution in [0.1, 0.15) is 27.3 Å². The van der Waals surface area contributed by atoms with Crippen LogP contribution in [0.3, 0.4) is 0 Å². The number of hydrogen-bond acceptors (Lipinski definition) is 4. The maximum Gasteiger partial charge on any atom is 0.284 e. The van der Waals surface area contributed by atoms with Crippen LogP contribution in [-0.4, -0.2) is 15.5 Å². The second kappa shape index (κ2) is 7.65. The van der Waals surface area contributed by atoms with Crippen molar-refractivity contribution in [2.24, 2.45) is 5.73 Å². The third kappa shape index (κ3) is 3.80. The fraction of sp³-hybridized carbons (Fsp3) is 0.150. The number of aromatic nitrogens is 2. The van der Waals surface area contributed by atoms with Gasteiger partial charge in [-0.3, -0.25) is 14.2 Å². The summed E-state index contributed by atoms with van der Waals surface area (Å²) in [4.78, 5) is 28.8. The largest absolute Gasteiger partial charge is 0.472 e. The summed E-state index contributed by atoms with van der Waals surface area (Å²) in [6, 6.07) is 18.8. The van der Waals surface area contributed by atoms with E-state index in [1.54, 1.807) is 6.92 Å². The minimum absolute atomic E-state index is 0.118. The molecule has 3 aromatic rings. The molecule has 1 amide bonds. The second-order valence-corrected chi connectivity index (χ2v) is 5.88. The minimum atomic E-state index is -0.775. The summed E-state index contributed by atoms with van der Waals surface area (Å²) < 4.78 is 6.95. The average Bonchev–Trinajstić information content (AvgIpc) is 2.66. The Morgan fingerprint density at radius 2 is 1.62 bits per heavy atom. The van der Waals surface area contributed by atoms with Crippen LogP contribution in [0.5, 0.6) is 5.88 Å². The van der Waals surface area contributed by atoms with Crippen LogP contribution in [0.4, 0.5) is 0 Å². The number of amides is 1. The zero-order valence-electron chi connectivity index (χ0n) is 14.4. The van der Waals surface area contributed by atoms with Crippen LogP contribution in [-0.2, 0) is 13.2 Å². The SMILES string of the molecule is Cc1c(OCc2ccccc2)nc(C(N)=O)n(Cc2ccccc2)c1=O. The van der Waals surface area contributed by atoms with Crippen molar-refractivity contribution in [3.63, 3.8) is 0 Å². The standard InChI is InChI=1S/C20H19N3O3/c1-14-19(26-13-16-10-6-3-7-11-16)22-18(17(21)24)23(20(14)25)12-15-8-4-2-5-9-15/h2-11H,12-13H2,1H3,(H2,21,24). The summed E-state index contributed by atoms with van der Waals surface area (Å²) >= 11 is 0. The van der Waals surface area contributed by atoms with Crippen molar-refractivity contribution >= 4 is 5.91 Å². The Hall–Kier alpha value is -3.41. The highest BCUT2D eigenvalue weighted by molar-refractivity contribution is 5.89. The summed E-state index contributed by atoms with van der Waals surface area (Å²) in [7, 11) is 0. The molecule has 0 spiro atoms. The van der Waals surface area contributed by atoms with Gasteiger partial charge in [0.05, 0.1) is 12.1 Å². The van der Waals surface area contributed by atoms with Gasteiger partial charge in [0.15, 0.2) is 0 Å². The number of nitrogens with zero attached hydrogens (tertiary/aromatic N) is 2. The molecule has 2 N–H and O–H groups in total. The second-order valence-electron chi connectivity index (χ2n) is 5.88. The number of rotatable bonds is 6. The molecule has 0 unspecified atom stereocenters. The van der Waals surface area contributed by atoms with Crippen molar-refractivity contribution in [3.8, 4) is 5.88 Å². The van der Waals surface area contributed by atoms with Crippen LogP contribution in [0, 0.1) is 6.92 Å². The molecule has 1 heterocycles. The molecule has 0 atom stereocenters. The minimum Gasteiger partial charge on any atom is -0.472 e. The van der Waals surface area contributed by atoms with Crippen molar-refractivity contribution in [1.82, 2.24) is 9.55 Å². The summed E-state index contributed by atoms with van der Waals surface area (Å²) in [6.45, 7) is 2.09. The number of benzene rings is 2. The Kier molecular flexibility index (Phi) is 5.12. The van der Waals surface area contributed by atoms with Crippen molar-refractivity contribution in [2.75, 3.05) is 0 Å². The van der Waals surface area contributed by atoms with Gasteiger partial charge in [0.25, 0.3) is 11.5 Å². The Morgan fingerprint density at radius 3 is 2.19 bits per heavy atom. The molecule has 0 saturated carbocycles. The normalized spacial score (nSPS) is 10.5. The summed E-state index contributed by atoms with van der Waals surface area (Å²) in [5, 5.41) is 0. The zero-order chi connectivity index (χ0) is 18.5. The van der Waals surface area contributed by atoms with Crippen LogP contribution in [0.15, 0.2) is 65.5 Å². The van der Waals surface area contributed by atoms with Gasteiger partial charge in [-0.25, -0.2) is 0 Å². The van der Waals surface area contributed by atoms with Gasteiger partial charge in [-0.2, -0.15) is 4.98 Å². The van der Waals surface area contributed by atoms with Gasteiger partial charge in [-0.1, -0.05) is 60.7 Å². The first-order valence-corrected chi connectivity index (χ1v) is 8.18. The molecule has 0 aliphatic heterocycles. The van der Waals surface area contributed by atoms with Gasteiger partial charge >= 0.3 is 0 Å². The summed E-state index contributed by atoms with van der Waals surface area (Å²) in [6.07, 6.45) is 0. The Morgan fingerprint density at radius 1 is 1.04 bits per heavy atom. The third-order valence-corrected chi connectivity index (χ3v) is 3.97. The fourth-order valence-corrected chi connectivity index (χ4v) is 2.60. The van der Waals surface area contributed by atoms with Crippen molar-refractivity contribution in [2.45, 2.75) is 20.1 Å². The highest BCUT2D eigenvalue weighted by Gasteiger charge is 2.18. The molecular weight excluding hydrogens is 330 g/mol. The van der Waals surface area contributed by atoms with Crippen LogP contribution >= 0.6 is 0 Å². The molecule has 1 aromatic heterocycles. The first-order chi connectivity index (χ1) is 12.6. The Balaban J connectivity index is 1.95. The summed E-state index contributed by atoms with van der Waals surface area (Å²) in [5.41, 5.74) is 7.24. The topological polar surface area (TPSA) is 87.2 Å². The van der Waals surface area contributed by atoms with Gasteiger partial charge in [0, 0.05) is 0 Å². The number of ether oxygens (including phenoxy) is 1. The van der Waals surface area contributed by atoms with Crippen molar-refractivity contribution in [1.29, 1.82) is 0 Å². The Labute approximate surface area is 150 Å². The molecule has 0 aliphatic carbocycles. The maximum atomic E-state index is 12.8. The number of nitrogens with two attached hydrogens (primary N) is 1. The lowest BCUT2D eigenvalue weighted by atomic mass is 10.2. The molecule has 0 bridgehead atoms. The molecule has 2 aromatic carbocycles. The quantitative estimate of drug-likeness (QED) is 0.739. The molecule has 0 aliphatic rings. The van der Waals surface area contributed by atoms with Gasteiger partial charge in [-0.15, -0.1) is 0 Å². The third-order valence-electron chi connectivity index (χ3n) is 3.97. The van der Waals surface area contributed by atoms with Crippen LogP contribution in [0.25, 0.3) is 0 Å². The van der Waals surface area contributed by atoms with Gasteiger partial charge < -0.3 is 10.5 Å². The average molecular weight is 349 g/mol. The van der Waals surface area contributed by atoms with E-state index in [0.29, 0.717) is 5.56 Å². The van der Waals surface area contributed by atoms with E-state index in [4.69, 9.17) is 10.5 Å². The van der Waals surface area contributed by atoms with Crippen molar-refractivity contribution < 1.29 is 9.53 Å². The van der Waals surface area contributed by atoms with E-state index in [1.165, 1.54) is 4.57 Å². The molecule has 6 heteroatoms. The van der Waals surface area contributed by atoms with E-state index in [-0.39, 0.29) is 30.4 Å². The lowest BCUT2D eigenvalue weighted by Gasteiger charge is -2.14. The zero-order valence-corrected chi connectivity index (χ0v) is 14.4. The van der Waals surface area contributed by atoms with E-state index < -0.39 is 5.91 Å². The first-order valence-electron chi connectivity index (χ1n) is 8.18. The first kappa shape index (κ1) is 17.4. The van der Waals surface area contributed by atoms with Crippen LogP contribution < -0.4 is 16.0 Å². The number of primary amides is 1. The fourth-order valence-electron chi connectivity index (χ4n) is 2.60. The molecule has 0 radical (unpaired) electrons. The van der Waals surface area contributed by atoms with Gasteiger partial charge in [0.1, 0.15) is 6.61 Å². The van der Waals surface area contributed by atoms with Gasteiger partial charge in [-0.05, 0) is 18.1 Å². The summed E-state index contributed by atoms with van der Waals surface area (Å²) in [5.74, 6) is -0.771. The maximum absolute atomic E-state index is 12.8. The molecule has 6 nitrogen and oxygen atoms in total. The van der Waals surface area contributed by atoms with E-state index in [9.17, 15) is 9.59 Å². The lowest BCUT2D eigenvalue weighted by Crippen LogP contribution is -2.33. The monoisotopic (exact) mass is 349 g/mol. The van der Waals surface area contributed by atoms with E-state index in [1.807, 2.05) is 60.7 Å². The molecule has 0 fully saturated rings. The molecular formula is C20H19N3O3. The number of carbonyl (C=O) groups excluding carboxylic acids is 1. The number of carbonyl (C=O) groups is 1. The predicted molar refractivity (Wildman–Crippen MR) is 98.1 cm³/mol. The number of hydrogen-bond donors (Lipinski definition) is 1. The molecule has 132 valence electrons. The van der Waals surface area contributed by atoms with E-state index in [2.05, 4.69) is 4.98 Å². The van der Waals surface area contributed by atoms with Gasteiger partial charge in [0.2, 0.25) is 11.7 Å². The predicted octanol–water partition coefficient (Wildman–Crippen LogP) is 2.28. The molecule has 0 saturated heterocycles. The van der Waals surface area contributed by atoms with Crippen molar-refractivity contribution in [3.05, 3.63) is 93.5 Å². The van der Waals surface area contributed by atoms with E-state index >= 15 is 0 Å². The molecule has 26 heavy (non-hydrogen) atoms. The highest BCUT2D eigenvalue weighted by Crippen LogP contribution is 2.15. The Bertz CT molecular complexity index is 967. The smallest absolute Gasteiger partial charge is 0.284 e. The highest BCUT2D eigenvalue weighted by atomic mass is 16.5. The lowest BCUT2D eigenvalue weighted by molar-refractivity contribution is 0.0983.